The first-order valence-electron chi connectivity index (χ1n) is 9.19. The number of phenols is 2. The van der Waals surface area contributed by atoms with Crippen LogP contribution in [0.4, 0.5) is 4.39 Å². The Balaban J connectivity index is 2.06. The summed E-state index contributed by atoms with van der Waals surface area (Å²) in [5.41, 5.74) is 5.58. The number of hydrogen-bond donors (Lipinski definition) is 2. The molecule has 0 aromatic heterocycles. The van der Waals surface area contributed by atoms with Crippen molar-refractivity contribution in [2.24, 2.45) is 0 Å². The predicted octanol–water partition coefficient (Wildman–Crippen LogP) is 6.44. The van der Waals surface area contributed by atoms with Gasteiger partial charge < -0.3 is 10.2 Å². The third-order valence-electron chi connectivity index (χ3n) is 5.01. The molecule has 0 saturated carbocycles. The number of aromatic hydroxyl groups is 2. The maximum atomic E-state index is 14.0. The van der Waals surface area contributed by atoms with Crippen molar-refractivity contribution < 1.29 is 14.6 Å². The van der Waals surface area contributed by atoms with Crippen LogP contribution in [0, 0.1) is 5.82 Å². The normalized spacial score (nSPS) is 14.2. The van der Waals surface area contributed by atoms with E-state index in [0.717, 1.165) is 67.0 Å². The van der Waals surface area contributed by atoms with Crippen molar-refractivity contribution in [3.05, 3.63) is 58.9 Å². The van der Waals surface area contributed by atoms with Gasteiger partial charge in [-0.15, -0.1) is 0 Å². The molecule has 2 N–H and O–H groups in total. The van der Waals surface area contributed by atoms with Crippen LogP contribution in [-0.4, -0.2) is 15.5 Å². The molecule has 2 aromatic carbocycles. The first-order valence-corrected chi connectivity index (χ1v) is 10.3. The summed E-state index contributed by atoms with van der Waals surface area (Å²) >= 11 is 3.48. The van der Waals surface area contributed by atoms with Gasteiger partial charge in [-0.3, -0.25) is 0 Å². The Bertz CT molecular complexity index is 814. The number of benzene rings is 2. The van der Waals surface area contributed by atoms with Gasteiger partial charge in [0.2, 0.25) is 0 Å². The molecule has 0 unspecified atom stereocenters. The van der Waals surface area contributed by atoms with E-state index in [1.807, 2.05) is 12.1 Å². The van der Waals surface area contributed by atoms with Crippen LogP contribution in [0.3, 0.4) is 0 Å². The van der Waals surface area contributed by atoms with E-state index in [0.29, 0.717) is 5.75 Å². The Kier molecular flexibility index (Phi) is 6.36. The molecule has 0 atom stereocenters. The largest absolute Gasteiger partial charge is 0.508 e. The molecular weight excluding hydrogens is 395 g/mol. The quantitative estimate of drug-likeness (QED) is 0.418. The van der Waals surface area contributed by atoms with Gasteiger partial charge in [0.05, 0.1) is 0 Å². The number of hydrogen-bond acceptors (Lipinski definition) is 2. The molecule has 0 spiro atoms. The third kappa shape index (κ3) is 4.29. The summed E-state index contributed by atoms with van der Waals surface area (Å²) in [5.74, 6) is -0.600. The van der Waals surface area contributed by atoms with E-state index in [1.165, 1.54) is 23.3 Å². The number of allylic oxidation sites excluding steroid dienone is 2. The van der Waals surface area contributed by atoms with E-state index in [1.54, 1.807) is 12.1 Å². The van der Waals surface area contributed by atoms with Crippen molar-refractivity contribution in [3.63, 3.8) is 0 Å². The van der Waals surface area contributed by atoms with Crippen LogP contribution in [0.2, 0.25) is 0 Å². The fourth-order valence-corrected chi connectivity index (χ4v) is 4.12. The van der Waals surface area contributed by atoms with Crippen LogP contribution in [0.5, 0.6) is 11.5 Å². The minimum Gasteiger partial charge on any atom is -0.508 e. The standard InChI is InChI=1S/C22H24BrFO2/c23-12-3-1-2-6-20-18(16-8-11-22(26)21(24)14-16)7-4-5-15-13-17(25)9-10-19(15)20/h8-11,13-14,25-26H,1-7,12H2. The van der Waals surface area contributed by atoms with Crippen molar-refractivity contribution in [2.45, 2.75) is 44.9 Å². The highest BCUT2D eigenvalue weighted by molar-refractivity contribution is 9.09. The second-order valence-corrected chi connectivity index (χ2v) is 7.61. The average Bonchev–Trinajstić information content (AvgIpc) is 2.80. The fraction of sp³-hybridized carbons (Fsp3) is 0.364. The molecule has 0 amide bonds. The van der Waals surface area contributed by atoms with E-state index >= 15 is 0 Å². The average molecular weight is 419 g/mol. The molecule has 1 aliphatic rings. The Morgan fingerprint density at radius 2 is 1.81 bits per heavy atom. The lowest BCUT2D eigenvalue weighted by atomic mass is 9.89. The molecule has 26 heavy (non-hydrogen) atoms. The Labute approximate surface area is 162 Å². The zero-order valence-electron chi connectivity index (χ0n) is 14.8. The maximum absolute atomic E-state index is 14.0. The molecule has 2 nitrogen and oxygen atoms in total. The molecule has 0 radical (unpaired) electrons. The summed E-state index contributed by atoms with van der Waals surface area (Å²) in [5, 5.41) is 20.4. The Morgan fingerprint density at radius 1 is 0.962 bits per heavy atom. The number of aryl methyl sites for hydroxylation is 1. The molecule has 0 saturated heterocycles. The van der Waals surface area contributed by atoms with Gasteiger partial charge in [0, 0.05) is 5.33 Å². The summed E-state index contributed by atoms with van der Waals surface area (Å²) in [6.07, 6.45) is 7.01. The fourth-order valence-electron chi connectivity index (χ4n) is 3.72. The smallest absolute Gasteiger partial charge is 0.165 e. The highest BCUT2D eigenvalue weighted by Gasteiger charge is 2.19. The predicted molar refractivity (Wildman–Crippen MR) is 108 cm³/mol. The molecule has 2 aromatic rings. The molecule has 0 fully saturated rings. The van der Waals surface area contributed by atoms with Gasteiger partial charge in [0.25, 0.3) is 0 Å². The third-order valence-corrected chi connectivity index (χ3v) is 5.57. The molecule has 4 heteroatoms. The summed E-state index contributed by atoms with van der Waals surface area (Å²) in [4.78, 5) is 0. The monoisotopic (exact) mass is 418 g/mol. The minimum atomic E-state index is -0.580. The maximum Gasteiger partial charge on any atom is 0.165 e. The lowest BCUT2D eigenvalue weighted by Gasteiger charge is -2.16. The van der Waals surface area contributed by atoms with Crippen LogP contribution >= 0.6 is 15.9 Å². The van der Waals surface area contributed by atoms with Crippen LogP contribution in [-0.2, 0) is 6.42 Å². The molecular formula is C22H24BrFO2. The second-order valence-electron chi connectivity index (χ2n) is 6.82. The zero-order valence-corrected chi connectivity index (χ0v) is 16.4. The van der Waals surface area contributed by atoms with Crippen molar-refractivity contribution in [1.82, 2.24) is 0 Å². The molecule has 0 aliphatic heterocycles. The molecule has 0 heterocycles. The number of phenolic OH excluding ortho intramolecular Hbond substituents is 2. The molecule has 0 bridgehead atoms. The van der Waals surface area contributed by atoms with E-state index in [2.05, 4.69) is 15.9 Å². The van der Waals surface area contributed by atoms with Crippen molar-refractivity contribution in [2.75, 3.05) is 5.33 Å². The summed E-state index contributed by atoms with van der Waals surface area (Å²) < 4.78 is 14.0. The highest BCUT2D eigenvalue weighted by Crippen LogP contribution is 2.40. The summed E-state index contributed by atoms with van der Waals surface area (Å²) in [7, 11) is 0. The molecule has 3 rings (SSSR count). The van der Waals surface area contributed by atoms with Crippen molar-refractivity contribution in [3.8, 4) is 11.5 Å². The van der Waals surface area contributed by atoms with Crippen LogP contribution in [0.15, 0.2) is 36.4 Å². The van der Waals surface area contributed by atoms with Gasteiger partial charge in [-0.05, 0) is 90.6 Å². The molecule has 138 valence electrons. The van der Waals surface area contributed by atoms with Crippen LogP contribution < -0.4 is 0 Å². The van der Waals surface area contributed by atoms with E-state index in [9.17, 15) is 14.6 Å². The van der Waals surface area contributed by atoms with Crippen LogP contribution in [0.1, 0.15) is 55.2 Å². The van der Waals surface area contributed by atoms with E-state index in [4.69, 9.17) is 0 Å². The van der Waals surface area contributed by atoms with Gasteiger partial charge in [-0.2, -0.15) is 0 Å². The Morgan fingerprint density at radius 3 is 2.58 bits per heavy atom. The number of rotatable bonds is 6. The van der Waals surface area contributed by atoms with Crippen molar-refractivity contribution in [1.29, 1.82) is 0 Å². The Hall–Kier alpha value is -1.81. The van der Waals surface area contributed by atoms with Crippen LogP contribution in [0.25, 0.3) is 11.1 Å². The minimum absolute atomic E-state index is 0.293. The first kappa shape index (κ1) is 19.0. The number of unbranched alkanes of at least 4 members (excludes halogenated alkanes) is 2. The lowest BCUT2D eigenvalue weighted by molar-refractivity contribution is 0.432. The summed E-state index contributed by atoms with van der Waals surface area (Å²) in [6, 6.07) is 10.3. The van der Waals surface area contributed by atoms with Gasteiger partial charge in [-0.25, -0.2) is 4.39 Å². The zero-order chi connectivity index (χ0) is 18.5. The van der Waals surface area contributed by atoms with Crippen molar-refractivity contribution >= 4 is 27.1 Å². The van der Waals surface area contributed by atoms with Gasteiger partial charge in [-0.1, -0.05) is 34.5 Å². The number of alkyl halides is 1. The highest BCUT2D eigenvalue weighted by atomic mass is 79.9. The second kappa shape index (κ2) is 8.72. The summed E-state index contributed by atoms with van der Waals surface area (Å²) in [6.45, 7) is 0. The molecule has 1 aliphatic carbocycles. The van der Waals surface area contributed by atoms with E-state index < -0.39 is 5.82 Å². The van der Waals surface area contributed by atoms with Gasteiger partial charge in [0.15, 0.2) is 11.6 Å². The first-order chi connectivity index (χ1) is 12.6. The van der Waals surface area contributed by atoms with E-state index in [-0.39, 0.29) is 5.75 Å². The number of halogens is 2. The van der Waals surface area contributed by atoms with Gasteiger partial charge >= 0.3 is 0 Å². The topological polar surface area (TPSA) is 40.5 Å². The van der Waals surface area contributed by atoms with Gasteiger partial charge in [0.1, 0.15) is 5.75 Å². The number of fused-ring (bicyclic) bond motifs is 1. The SMILES string of the molecule is Oc1ccc2c(c1)CCCC(c1ccc(O)c(F)c1)=C2CCCCCBr. The lowest BCUT2D eigenvalue weighted by Crippen LogP contribution is -1.95.